The lowest BCUT2D eigenvalue weighted by atomic mass is 9.71. The molecule has 1 saturated carbocycles. The summed E-state index contributed by atoms with van der Waals surface area (Å²) in [5.74, 6) is -1.98. The van der Waals surface area contributed by atoms with Gasteiger partial charge in [0.25, 0.3) is 11.8 Å². The molecule has 1 fully saturated rings. The molecular formula is C22H22ClFN4O5. The highest BCUT2D eigenvalue weighted by Crippen LogP contribution is 2.44. The molecule has 0 saturated heterocycles. The van der Waals surface area contributed by atoms with E-state index in [1.165, 1.54) is 29.0 Å². The molecule has 0 radical (unpaired) electrons. The Morgan fingerprint density at radius 1 is 1.36 bits per heavy atom. The van der Waals surface area contributed by atoms with Crippen LogP contribution in [0.1, 0.15) is 46.2 Å². The van der Waals surface area contributed by atoms with E-state index in [2.05, 4.69) is 10.5 Å². The van der Waals surface area contributed by atoms with Crippen LogP contribution in [-0.2, 0) is 17.8 Å². The minimum absolute atomic E-state index is 0.00758. The number of nitroso groups, excluding NO2 is 1. The molecular weight excluding hydrogens is 455 g/mol. The van der Waals surface area contributed by atoms with Crippen LogP contribution >= 0.6 is 11.6 Å². The molecule has 0 unspecified atom stereocenters. The molecule has 1 aromatic carbocycles. The molecule has 9 nitrogen and oxygen atoms in total. The van der Waals surface area contributed by atoms with Crippen molar-refractivity contribution in [2.45, 2.75) is 44.5 Å². The molecule has 174 valence electrons. The Balaban J connectivity index is 1.69. The monoisotopic (exact) mass is 476 g/mol. The van der Waals surface area contributed by atoms with E-state index < -0.39 is 34.3 Å². The van der Waals surface area contributed by atoms with Gasteiger partial charge in [-0.05, 0) is 31.0 Å². The number of ether oxygens (including phenoxy) is 1. The van der Waals surface area contributed by atoms with Crippen LogP contribution in [0.5, 0.6) is 0 Å². The number of likely N-dealkylation sites (N-methyl/N-ethyl adjacent to an activating group) is 1. The predicted octanol–water partition coefficient (Wildman–Crippen LogP) is 2.99. The van der Waals surface area contributed by atoms with Crippen molar-refractivity contribution in [3.05, 3.63) is 67.2 Å². The number of pyridine rings is 1. The van der Waals surface area contributed by atoms with Crippen molar-refractivity contribution in [2.24, 2.45) is 5.18 Å². The lowest BCUT2D eigenvalue weighted by molar-refractivity contribution is -0.0908. The fourth-order valence-electron chi connectivity index (χ4n) is 4.73. The van der Waals surface area contributed by atoms with Gasteiger partial charge in [-0.15, -0.1) is 4.91 Å². The fourth-order valence-corrected chi connectivity index (χ4v) is 4.92. The summed E-state index contributed by atoms with van der Waals surface area (Å²) in [4.78, 5) is 52.1. The molecule has 2 heterocycles. The van der Waals surface area contributed by atoms with E-state index >= 15 is 0 Å². The minimum atomic E-state index is -0.955. The van der Waals surface area contributed by atoms with Gasteiger partial charge in [-0.2, -0.15) is 0 Å². The van der Waals surface area contributed by atoms with Crippen LogP contribution in [0.3, 0.4) is 0 Å². The second kappa shape index (κ2) is 8.68. The Kier molecular flexibility index (Phi) is 6.06. The molecule has 4 rings (SSSR count). The lowest BCUT2D eigenvalue weighted by Crippen LogP contribution is -2.66. The van der Waals surface area contributed by atoms with Crippen LogP contribution < -0.4 is 10.7 Å². The number of fused-ring (bicyclic) bond motifs is 1. The van der Waals surface area contributed by atoms with E-state index in [-0.39, 0.29) is 41.0 Å². The third-order valence-corrected chi connectivity index (χ3v) is 6.70. The second-order valence-corrected chi connectivity index (χ2v) is 8.63. The highest BCUT2D eigenvalue weighted by Gasteiger charge is 2.54. The molecule has 1 aliphatic carbocycles. The Morgan fingerprint density at radius 3 is 2.73 bits per heavy atom. The summed E-state index contributed by atoms with van der Waals surface area (Å²) in [5, 5.41) is 5.17. The van der Waals surface area contributed by atoms with E-state index in [9.17, 15) is 23.7 Å². The van der Waals surface area contributed by atoms with E-state index in [0.717, 1.165) is 0 Å². The molecule has 1 N–H and O–H groups in total. The van der Waals surface area contributed by atoms with Crippen molar-refractivity contribution in [3.63, 3.8) is 0 Å². The van der Waals surface area contributed by atoms with Gasteiger partial charge < -0.3 is 19.5 Å². The standard InChI is InChI=1S/C22H22ClFN4O5/c1-3-28-21(31)18-17(26-32)19(29)14(10-27(18)11-22(28)7-13(8-22)33-2)20(30)25-9-12-5-4-6-15(23)16(12)24/h4-6,10,13H,3,7-9,11H2,1-2H3,(H,25,30). The van der Waals surface area contributed by atoms with Crippen molar-refractivity contribution in [1.29, 1.82) is 0 Å². The summed E-state index contributed by atoms with van der Waals surface area (Å²) in [6, 6.07) is 4.36. The Bertz CT molecular complexity index is 1210. The van der Waals surface area contributed by atoms with E-state index in [1.54, 1.807) is 12.0 Å². The first-order valence-corrected chi connectivity index (χ1v) is 10.8. The zero-order chi connectivity index (χ0) is 23.9. The van der Waals surface area contributed by atoms with E-state index in [1.807, 2.05) is 6.92 Å². The minimum Gasteiger partial charge on any atom is -0.381 e. The van der Waals surface area contributed by atoms with Crippen LogP contribution in [0.2, 0.25) is 5.02 Å². The average molecular weight is 477 g/mol. The van der Waals surface area contributed by atoms with Crippen molar-refractivity contribution >= 4 is 29.1 Å². The first-order valence-electron chi connectivity index (χ1n) is 10.4. The molecule has 33 heavy (non-hydrogen) atoms. The maximum absolute atomic E-state index is 14.1. The normalized spacial score (nSPS) is 21.5. The smallest absolute Gasteiger partial charge is 0.273 e. The zero-order valence-electron chi connectivity index (χ0n) is 18.1. The summed E-state index contributed by atoms with van der Waals surface area (Å²) >= 11 is 5.76. The maximum atomic E-state index is 14.1. The summed E-state index contributed by atoms with van der Waals surface area (Å²) in [6.45, 7) is 2.26. The van der Waals surface area contributed by atoms with Gasteiger partial charge in [0.1, 0.15) is 17.1 Å². The predicted molar refractivity (Wildman–Crippen MR) is 118 cm³/mol. The van der Waals surface area contributed by atoms with Crippen molar-refractivity contribution in [2.75, 3.05) is 13.7 Å². The van der Waals surface area contributed by atoms with Crippen molar-refractivity contribution < 1.29 is 18.7 Å². The Hall–Kier alpha value is -3.11. The van der Waals surface area contributed by atoms with Gasteiger partial charge in [-0.1, -0.05) is 23.7 Å². The number of methoxy groups -OCH3 is 1. The number of carbonyl (C=O) groups excluding carboxylic acids is 2. The number of nitrogens with one attached hydrogen (secondary N) is 1. The van der Waals surface area contributed by atoms with Crippen molar-refractivity contribution in [1.82, 2.24) is 14.8 Å². The number of aromatic nitrogens is 1. The molecule has 0 atom stereocenters. The lowest BCUT2D eigenvalue weighted by Gasteiger charge is -2.56. The largest absolute Gasteiger partial charge is 0.381 e. The number of carbonyl (C=O) groups is 2. The molecule has 2 aliphatic rings. The third kappa shape index (κ3) is 3.72. The zero-order valence-corrected chi connectivity index (χ0v) is 18.8. The number of benzene rings is 1. The van der Waals surface area contributed by atoms with Gasteiger partial charge in [-0.3, -0.25) is 14.4 Å². The summed E-state index contributed by atoms with van der Waals surface area (Å²) in [5.41, 5.74) is -2.46. The van der Waals surface area contributed by atoms with Gasteiger partial charge >= 0.3 is 0 Å². The van der Waals surface area contributed by atoms with Gasteiger partial charge in [0.15, 0.2) is 5.69 Å². The highest BCUT2D eigenvalue weighted by atomic mass is 35.5. The summed E-state index contributed by atoms with van der Waals surface area (Å²) in [7, 11) is 1.60. The molecule has 1 aliphatic heterocycles. The number of halogens is 2. The molecule has 2 amide bonds. The third-order valence-electron chi connectivity index (χ3n) is 6.41. The summed E-state index contributed by atoms with van der Waals surface area (Å²) < 4.78 is 21.0. The average Bonchev–Trinajstić information content (AvgIpc) is 2.77. The van der Waals surface area contributed by atoms with Crippen LogP contribution in [0, 0.1) is 10.7 Å². The molecule has 1 aromatic heterocycles. The van der Waals surface area contributed by atoms with Crippen LogP contribution in [0.15, 0.2) is 34.4 Å². The van der Waals surface area contributed by atoms with Gasteiger partial charge in [0.2, 0.25) is 5.43 Å². The number of hydrogen-bond donors (Lipinski definition) is 1. The number of nitrogens with zero attached hydrogens (tertiary/aromatic N) is 3. The van der Waals surface area contributed by atoms with Gasteiger partial charge in [0, 0.05) is 38.5 Å². The van der Waals surface area contributed by atoms with Crippen LogP contribution in [0.25, 0.3) is 0 Å². The van der Waals surface area contributed by atoms with E-state index in [0.29, 0.717) is 19.4 Å². The first-order chi connectivity index (χ1) is 15.8. The SMILES string of the molecule is CCN1C(=O)c2c(N=O)c(=O)c(C(=O)NCc3cccc(Cl)c3F)cn2CC12CC(OC)C2. The Morgan fingerprint density at radius 2 is 2.09 bits per heavy atom. The summed E-state index contributed by atoms with van der Waals surface area (Å²) in [6.07, 6.45) is 2.44. The number of hydrogen-bond acceptors (Lipinski definition) is 6. The Labute approximate surface area is 193 Å². The molecule has 0 bridgehead atoms. The molecule has 1 spiro atoms. The quantitative estimate of drug-likeness (QED) is 0.644. The van der Waals surface area contributed by atoms with Crippen molar-refractivity contribution in [3.8, 4) is 0 Å². The highest BCUT2D eigenvalue weighted by molar-refractivity contribution is 6.30. The number of rotatable bonds is 6. The van der Waals surface area contributed by atoms with Gasteiger partial charge in [0.05, 0.1) is 16.7 Å². The van der Waals surface area contributed by atoms with Crippen LogP contribution in [0.4, 0.5) is 10.1 Å². The first kappa shape index (κ1) is 23.1. The van der Waals surface area contributed by atoms with E-state index in [4.69, 9.17) is 16.3 Å². The topological polar surface area (TPSA) is 110 Å². The molecule has 11 heteroatoms. The maximum Gasteiger partial charge on any atom is 0.273 e. The van der Waals surface area contributed by atoms with Gasteiger partial charge in [-0.25, -0.2) is 4.39 Å². The molecule has 2 aromatic rings. The fraction of sp³-hybridized carbons (Fsp3) is 0.409. The van der Waals surface area contributed by atoms with Crippen LogP contribution in [-0.4, -0.2) is 46.6 Å². The number of amides is 2. The second-order valence-electron chi connectivity index (χ2n) is 8.22.